The Morgan fingerprint density at radius 1 is 0.842 bits per heavy atom. The highest BCUT2D eigenvalue weighted by Crippen LogP contribution is 2.06. The minimum Gasteiger partial charge on any atom is -0.343 e. The molecule has 0 aliphatic rings. The fourth-order valence-electron chi connectivity index (χ4n) is 2.26. The summed E-state index contributed by atoms with van der Waals surface area (Å²) < 4.78 is 0. The van der Waals surface area contributed by atoms with E-state index in [0.717, 1.165) is 26.2 Å². The predicted octanol–water partition coefficient (Wildman–Crippen LogP) is 3.59. The third-order valence-electron chi connectivity index (χ3n) is 3.59. The molecule has 3 nitrogen and oxygen atoms in total. The Bertz CT molecular complexity index is 203. The van der Waals surface area contributed by atoms with Crippen LogP contribution in [0, 0.1) is 0 Å². The molecule has 0 spiro atoms. The van der Waals surface area contributed by atoms with Crippen molar-refractivity contribution in [2.24, 2.45) is 0 Å². The zero-order chi connectivity index (χ0) is 14.3. The number of rotatable bonds is 13. The van der Waals surface area contributed by atoms with E-state index in [1.807, 2.05) is 18.7 Å². The molecule has 0 saturated carbocycles. The Kier molecular flexibility index (Phi) is 13.4. The topological polar surface area (TPSA) is 32.3 Å². The summed E-state index contributed by atoms with van der Waals surface area (Å²) in [5.41, 5.74) is 0. The lowest BCUT2D eigenvalue weighted by atomic mass is 10.1. The van der Waals surface area contributed by atoms with Crippen molar-refractivity contribution in [2.75, 3.05) is 26.2 Å². The van der Waals surface area contributed by atoms with Gasteiger partial charge < -0.3 is 10.2 Å². The second-order valence-electron chi connectivity index (χ2n) is 5.19. The molecule has 0 radical (unpaired) electrons. The molecule has 0 heterocycles. The zero-order valence-corrected chi connectivity index (χ0v) is 13.3. The molecular formula is C16H34N2O. The van der Waals surface area contributed by atoms with E-state index >= 15 is 0 Å². The summed E-state index contributed by atoms with van der Waals surface area (Å²) in [7, 11) is 0. The van der Waals surface area contributed by atoms with Crippen LogP contribution in [0.3, 0.4) is 0 Å². The highest BCUT2D eigenvalue weighted by molar-refractivity contribution is 5.76. The van der Waals surface area contributed by atoms with Crippen molar-refractivity contribution in [1.82, 2.24) is 10.2 Å². The molecule has 0 fully saturated rings. The molecule has 0 saturated heterocycles. The van der Waals surface area contributed by atoms with Crippen LogP contribution in [0.25, 0.3) is 0 Å². The molecule has 0 aliphatic heterocycles. The monoisotopic (exact) mass is 270 g/mol. The van der Waals surface area contributed by atoms with E-state index in [1.165, 1.54) is 44.9 Å². The average molecular weight is 270 g/mol. The van der Waals surface area contributed by atoms with E-state index in [0.29, 0.717) is 6.42 Å². The second kappa shape index (κ2) is 13.9. The Morgan fingerprint density at radius 3 is 2.00 bits per heavy atom. The SMILES string of the molecule is CCCCCCCCCNCCC(=O)N(CC)CC. The highest BCUT2D eigenvalue weighted by atomic mass is 16.2. The summed E-state index contributed by atoms with van der Waals surface area (Å²) in [6.45, 7) is 9.86. The molecule has 0 atom stereocenters. The minimum absolute atomic E-state index is 0.275. The second-order valence-corrected chi connectivity index (χ2v) is 5.19. The summed E-state index contributed by atoms with van der Waals surface area (Å²) in [6, 6.07) is 0. The smallest absolute Gasteiger partial charge is 0.223 e. The van der Waals surface area contributed by atoms with Gasteiger partial charge in [0.15, 0.2) is 0 Å². The third-order valence-corrected chi connectivity index (χ3v) is 3.59. The number of hydrogen-bond acceptors (Lipinski definition) is 2. The molecule has 1 amide bonds. The summed E-state index contributed by atoms with van der Waals surface area (Å²) in [5.74, 6) is 0.275. The molecule has 114 valence electrons. The first-order valence-electron chi connectivity index (χ1n) is 8.24. The normalized spacial score (nSPS) is 10.7. The van der Waals surface area contributed by atoms with Crippen LogP contribution in [0.15, 0.2) is 0 Å². The van der Waals surface area contributed by atoms with Crippen LogP contribution in [-0.2, 0) is 4.79 Å². The maximum Gasteiger partial charge on any atom is 0.223 e. The Balaban J connectivity index is 3.24. The van der Waals surface area contributed by atoms with E-state index in [2.05, 4.69) is 12.2 Å². The molecule has 1 N–H and O–H groups in total. The standard InChI is InChI=1S/C16H34N2O/c1-4-7-8-9-10-11-12-14-17-15-13-16(19)18(5-2)6-3/h17H,4-15H2,1-3H3. The zero-order valence-electron chi connectivity index (χ0n) is 13.3. The highest BCUT2D eigenvalue weighted by Gasteiger charge is 2.07. The number of nitrogens with one attached hydrogen (secondary N) is 1. The predicted molar refractivity (Wildman–Crippen MR) is 83.4 cm³/mol. The van der Waals surface area contributed by atoms with Crippen LogP contribution >= 0.6 is 0 Å². The number of hydrogen-bond donors (Lipinski definition) is 1. The molecule has 0 aliphatic carbocycles. The lowest BCUT2D eigenvalue weighted by molar-refractivity contribution is -0.130. The maximum absolute atomic E-state index is 11.7. The van der Waals surface area contributed by atoms with Crippen molar-refractivity contribution in [2.45, 2.75) is 72.1 Å². The Hall–Kier alpha value is -0.570. The summed E-state index contributed by atoms with van der Waals surface area (Å²) >= 11 is 0. The minimum atomic E-state index is 0.275. The van der Waals surface area contributed by atoms with Crippen molar-refractivity contribution in [3.8, 4) is 0 Å². The van der Waals surface area contributed by atoms with Gasteiger partial charge in [0.2, 0.25) is 5.91 Å². The summed E-state index contributed by atoms with van der Waals surface area (Å²) in [4.78, 5) is 13.6. The third kappa shape index (κ3) is 11.0. The van der Waals surface area contributed by atoms with Gasteiger partial charge in [-0.15, -0.1) is 0 Å². The molecule has 0 aromatic carbocycles. The fraction of sp³-hybridized carbons (Fsp3) is 0.938. The van der Waals surface area contributed by atoms with Gasteiger partial charge in [0.25, 0.3) is 0 Å². The largest absolute Gasteiger partial charge is 0.343 e. The van der Waals surface area contributed by atoms with Gasteiger partial charge in [-0.1, -0.05) is 45.4 Å². The lowest BCUT2D eigenvalue weighted by Crippen LogP contribution is -2.33. The molecule has 19 heavy (non-hydrogen) atoms. The van der Waals surface area contributed by atoms with E-state index in [9.17, 15) is 4.79 Å². The first kappa shape index (κ1) is 18.4. The van der Waals surface area contributed by atoms with Crippen LogP contribution in [0.5, 0.6) is 0 Å². The van der Waals surface area contributed by atoms with Gasteiger partial charge in [-0.3, -0.25) is 4.79 Å². The van der Waals surface area contributed by atoms with Gasteiger partial charge in [-0.2, -0.15) is 0 Å². The molecule has 0 rings (SSSR count). The van der Waals surface area contributed by atoms with E-state index in [4.69, 9.17) is 0 Å². The van der Waals surface area contributed by atoms with E-state index < -0.39 is 0 Å². The van der Waals surface area contributed by atoms with Crippen LogP contribution in [0.4, 0.5) is 0 Å². The number of unbranched alkanes of at least 4 members (excludes halogenated alkanes) is 6. The summed E-state index contributed by atoms with van der Waals surface area (Å²) in [5, 5.41) is 3.37. The van der Waals surface area contributed by atoms with Crippen LogP contribution in [0.1, 0.15) is 72.1 Å². The van der Waals surface area contributed by atoms with Gasteiger partial charge in [-0.05, 0) is 26.8 Å². The number of carbonyl (C=O) groups is 1. The quantitative estimate of drug-likeness (QED) is 0.519. The molecule has 0 bridgehead atoms. The van der Waals surface area contributed by atoms with E-state index in [-0.39, 0.29) is 5.91 Å². The summed E-state index contributed by atoms with van der Waals surface area (Å²) in [6.07, 6.45) is 10.0. The van der Waals surface area contributed by atoms with Gasteiger partial charge in [-0.25, -0.2) is 0 Å². The fourth-order valence-corrected chi connectivity index (χ4v) is 2.26. The van der Waals surface area contributed by atoms with Crippen molar-refractivity contribution in [3.05, 3.63) is 0 Å². The number of carbonyl (C=O) groups excluding carboxylic acids is 1. The van der Waals surface area contributed by atoms with Gasteiger partial charge in [0, 0.05) is 26.1 Å². The average Bonchev–Trinajstić information content (AvgIpc) is 2.42. The number of amides is 1. The van der Waals surface area contributed by atoms with Crippen LogP contribution < -0.4 is 5.32 Å². The van der Waals surface area contributed by atoms with Crippen LogP contribution in [0.2, 0.25) is 0 Å². The molecule has 0 aromatic heterocycles. The molecular weight excluding hydrogens is 236 g/mol. The Morgan fingerprint density at radius 2 is 1.42 bits per heavy atom. The molecule has 0 unspecified atom stereocenters. The maximum atomic E-state index is 11.7. The van der Waals surface area contributed by atoms with Gasteiger partial charge >= 0.3 is 0 Å². The van der Waals surface area contributed by atoms with Gasteiger partial charge in [0.05, 0.1) is 0 Å². The van der Waals surface area contributed by atoms with Crippen molar-refractivity contribution in [1.29, 1.82) is 0 Å². The first-order chi connectivity index (χ1) is 9.26. The molecule has 3 heteroatoms. The molecule has 0 aromatic rings. The Labute approximate surface area is 120 Å². The van der Waals surface area contributed by atoms with Crippen LogP contribution in [-0.4, -0.2) is 37.0 Å². The number of nitrogens with zero attached hydrogens (tertiary/aromatic N) is 1. The van der Waals surface area contributed by atoms with Crippen molar-refractivity contribution in [3.63, 3.8) is 0 Å². The lowest BCUT2D eigenvalue weighted by Gasteiger charge is -2.18. The first-order valence-corrected chi connectivity index (χ1v) is 8.24. The van der Waals surface area contributed by atoms with Crippen molar-refractivity contribution < 1.29 is 4.79 Å². The van der Waals surface area contributed by atoms with Gasteiger partial charge in [0.1, 0.15) is 0 Å². The van der Waals surface area contributed by atoms with E-state index in [1.54, 1.807) is 0 Å². The van der Waals surface area contributed by atoms with Crippen molar-refractivity contribution >= 4 is 5.91 Å².